The van der Waals surface area contributed by atoms with E-state index in [0.29, 0.717) is 16.0 Å². The minimum absolute atomic E-state index is 0.337. The van der Waals surface area contributed by atoms with Gasteiger partial charge in [0.15, 0.2) is 0 Å². The van der Waals surface area contributed by atoms with E-state index in [1.165, 1.54) is 12.1 Å². The van der Waals surface area contributed by atoms with Crippen LogP contribution in [0, 0.1) is 12.7 Å². The van der Waals surface area contributed by atoms with Crippen molar-refractivity contribution in [2.45, 2.75) is 6.92 Å². The van der Waals surface area contributed by atoms with Crippen LogP contribution in [0.1, 0.15) is 5.56 Å². The van der Waals surface area contributed by atoms with Gasteiger partial charge in [-0.25, -0.2) is 4.39 Å². The summed E-state index contributed by atoms with van der Waals surface area (Å²) in [6.45, 7) is 1.89. The van der Waals surface area contributed by atoms with E-state index in [1.807, 2.05) is 6.92 Å². The molecule has 0 aliphatic carbocycles. The highest BCUT2D eigenvalue weighted by Gasteiger charge is 2.03. The van der Waals surface area contributed by atoms with Crippen molar-refractivity contribution in [1.29, 1.82) is 0 Å². The van der Waals surface area contributed by atoms with Gasteiger partial charge in [-0.1, -0.05) is 15.9 Å². The van der Waals surface area contributed by atoms with E-state index >= 15 is 0 Å². The molecule has 4 heteroatoms. The van der Waals surface area contributed by atoms with Crippen LogP contribution in [0.15, 0.2) is 41.1 Å². The Morgan fingerprint density at radius 2 is 2.12 bits per heavy atom. The molecule has 0 saturated heterocycles. The summed E-state index contributed by atoms with van der Waals surface area (Å²) in [5.41, 5.74) is 0.905. The van der Waals surface area contributed by atoms with E-state index in [2.05, 4.69) is 20.9 Å². The van der Waals surface area contributed by atoms with Gasteiger partial charge in [0.05, 0.1) is 0 Å². The first-order chi connectivity index (χ1) is 7.65. The van der Waals surface area contributed by atoms with Crippen molar-refractivity contribution in [2.75, 3.05) is 0 Å². The number of hydrogen-bond donors (Lipinski definition) is 0. The van der Waals surface area contributed by atoms with Crippen LogP contribution < -0.4 is 4.74 Å². The summed E-state index contributed by atoms with van der Waals surface area (Å²) in [5.74, 6) is 0.796. The van der Waals surface area contributed by atoms with E-state index < -0.39 is 0 Å². The van der Waals surface area contributed by atoms with Crippen LogP contribution in [-0.4, -0.2) is 4.98 Å². The second-order valence-corrected chi connectivity index (χ2v) is 4.26. The third-order valence-electron chi connectivity index (χ3n) is 2.03. The summed E-state index contributed by atoms with van der Waals surface area (Å²) < 4.78 is 19.3. The lowest BCUT2D eigenvalue weighted by molar-refractivity contribution is 0.472. The third-order valence-corrected chi connectivity index (χ3v) is 2.49. The van der Waals surface area contributed by atoms with Crippen LogP contribution in [0.4, 0.5) is 4.39 Å². The number of halogens is 2. The van der Waals surface area contributed by atoms with Crippen molar-refractivity contribution >= 4 is 15.9 Å². The Balaban J connectivity index is 2.30. The average Bonchev–Trinajstić information content (AvgIpc) is 2.20. The Morgan fingerprint density at radius 3 is 2.81 bits per heavy atom. The number of aromatic nitrogens is 1. The molecule has 0 atom stereocenters. The van der Waals surface area contributed by atoms with Gasteiger partial charge in [0, 0.05) is 28.5 Å². The maximum atomic E-state index is 13.1. The van der Waals surface area contributed by atoms with Crippen molar-refractivity contribution in [3.05, 3.63) is 52.5 Å². The monoisotopic (exact) mass is 281 g/mol. The molecule has 1 aromatic heterocycles. The molecule has 2 rings (SSSR count). The van der Waals surface area contributed by atoms with Gasteiger partial charge in [0.2, 0.25) is 0 Å². The molecule has 1 heterocycles. The van der Waals surface area contributed by atoms with E-state index in [1.54, 1.807) is 24.5 Å². The molecule has 0 N–H and O–H groups in total. The molecule has 0 bridgehead atoms. The zero-order valence-electron chi connectivity index (χ0n) is 8.58. The molecular formula is C12H9BrFNO. The molecule has 0 unspecified atom stereocenters. The second-order valence-electron chi connectivity index (χ2n) is 3.35. The largest absolute Gasteiger partial charge is 0.457 e. The van der Waals surface area contributed by atoms with Crippen LogP contribution >= 0.6 is 15.9 Å². The van der Waals surface area contributed by atoms with Crippen molar-refractivity contribution in [2.24, 2.45) is 0 Å². The number of aryl methyl sites for hydroxylation is 1. The molecule has 0 spiro atoms. The van der Waals surface area contributed by atoms with Gasteiger partial charge in [-0.15, -0.1) is 0 Å². The van der Waals surface area contributed by atoms with Crippen molar-refractivity contribution in [3.63, 3.8) is 0 Å². The minimum atomic E-state index is -0.337. The molecule has 0 aliphatic rings. The fraction of sp³-hybridized carbons (Fsp3) is 0.0833. The summed E-state index contributed by atoms with van der Waals surface area (Å²) >= 11 is 3.21. The summed E-state index contributed by atoms with van der Waals surface area (Å²) in [6, 6.07) is 6.17. The SMILES string of the molecule is Cc1cnccc1Oc1cc(F)cc(Br)c1. The molecule has 0 aliphatic heterocycles. The molecular weight excluding hydrogens is 273 g/mol. The average molecular weight is 282 g/mol. The standard InChI is InChI=1S/C12H9BrFNO/c1-8-7-15-3-2-12(8)16-11-5-9(13)4-10(14)6-11/h2-7H,1H3. The number of pyridine rings is 1. The summed E-state index contributed by atoms with van der Waals surface area (Å²) in [4.78, 5) is 3.96. The molecule has 82 valence electrons. The van der Waals surface area contributed by atoms with Gasteiger partial charge >= 0.3 is 0 Å². The lowest BCUT2D eigenvalue weighted by Crippen LogP contribution is -1.89. The highest BCUT2D eigenvalue weighted by atomic mass is 79.9. The van der Waals surface area contributed by atoms with Crippen LogP contribution in [0.2, 0.25) is 0 Å². The predicted octanol–water partition coefficient (Wildman–Crippen LogP) is 4.08. The topological polar surface area (TPSA) is 22.1 Å². The fourth-order valence-electron chi connectivity index (χ4n) is 1.29. The van der Waals surface area contributed by atoms with E-state index in [0.717, 1.165) is 5.56 Å². The lowest BCUT2D eigenvalue weighted by atomic mass is 10.3. The van der Waals surface area contributed by atoms with Gasteiger partial charge in [0.1, 0.15) is 17.3 Å². The molecule has 0 saturated carbocycles. The predicted molar refractivity (Wildman–Crippen MR) is 63.1 cm³/mol. The highest BCUT2D eigenvalue weighted by Crippen LogP contribution is 2.27. The summed E-state index contributed by atoms with van der Waals surface area (Å²) in [6.07, 6.45) is 3.33. The molecule has 0 fully saturated rings. The Kier molecular flexibility index (Phi) is 3.19. The van der Waals surface area contributed by atoms with E-state index in [9.17, 15) is 4.39 Å². The molecule has 16 heavy (non-hydrogen) atoms. The molecule has 1 aromatic carbocycles. The number of hydrogen-bond acceptors (Lipinski definition) is 2. The summed E-state index contributed by atoms with van der Waals surface area (Å²) in [7, 11) is 0. The number of ether oxygens (including phenoxy) is 1. The maximum absolute atomic E-state index is 13.1. The van der Waals surface area contributed by atoms with Crippen LogP contribution in [0.5, 0.6) is 11.5 Å². The first kappa shape index (κ1) is 11.1. The Hall–Kier alpha value is -1.42. The Morgan fingerprint density at radius 1 is 1.31 bits per heavy atom. The van der Waals surface area contributed by atoms with E-state index in [4.69, 9.17) is 4.74 Å². The quantitative estimate of drug-likeness (QED) is 0.827. The molecule has 0 amide bonds. The third kappa shape index (κ3) is 2.58. The first-order valence-corrected chi connectivity index (χ1v) is 5.49. The zero-order chi connectivity index (χ0) is 11.5. The highest BCUT2D eigenvalue weighted by molar-refractivity contribution is 9.10. The van der Waals surface area contributed by atoms with Crippen molar-refractivity contribution in [3.8, 4) is 11.5 Å². The van der Waals surface area contributed by atoms with Gasteiger partial charge in [-0.2, -0.15) is 0 Å². The summed E-state index contributed by atoms with van der Waals surface area (Å²) in [5, 5.41) is 0. The maximum Gasteiger partial charge on any atom is 0.133 e. The second kappa shape index (κ2) is 4.61. The van der Waals surface area contributed by atoms with Crippen LogP contribution in [0.25, 0.3) is 0 Å². The van der Waals surface area contributed by atoms with Crippen LogP contribution in [-0.2, 0) is 0 Å². The lowest BCUT2D eigenvalue weighted by Gasteiger charge is -2.08. The van der Waals surface area contributed by atoms with Crippen LogP contribution in [0.3, 0.4) is 0 Å². The molecule has 2 aromatic rings. The minimum Gasteiger partial charge on any atom is -0.457 e. The Bertz CT molecular complexity index is 496. The molecule has 2 nitrogen and oxygen atoms in total. The van der Waals surface area contributed by atoms with Crippen molar-refractivity contribution in [1.82, 2.24) is 4.98 Å². The van der Waals surface area contributed by atoms with Gasteiger partial charge < -0.3 is 4.74 Å². The van der Waals surface area contributed by atoms with Crippen molar-refractivity contribution < 1.29 is 9.13 Å². The zero-order valence-corrected chi connectivity index (χ0v) is 10.2. The molecule has 0 radical (unpaired) electrons. The normalized spacial score (nSPS) is 10.2. The number of rotatable bonds is 2. The van der Waals surface area contributed by atoms with Gasteiger partial charge in [-0.05, 0) is 25.1 Å². The van der Waals surface area contributed by atoms with Gasteiger partial charge in [0.25, 0.3) is 0 Å². The first-order valence-electron chi connectivity index (χ1n) is 4.70. The Labute approximate surface area is 101 Å². The fourth-order valence-corrected chi connectivity index (χ4v) is 1.73. The smallest absolute Gasteiger partial charge is 0.133 e. The van der Waals surface area contributed by atoms with Gasteiger partial charge in [-0.3, -0.25) is 4.98 Å². The number of benzene rings is 1. The number of nitrogens with zero attached hydrogens (tertiary/aromatic N) is 1. The van der Waals surface area contributed by atoms with E-state index in [-0.39, 0.29) is 5.82 Å².